The van der Waals surface area contributed by atoms with E-state index in [2.05, 4.69) is 29.1 Å². The molecule has 11 heteroatoms. The van der Waals surface area contributed by atoms with E-state index in [-0.39, 0.29) is 40.3 Å². The van der Waals surface area contributed by atoms with Gasteiger partial charge in [0.2, 0.25) is 0 Å². The first-order valence-electron chi connectivity index (χ1n) is 17.0. The van der Waals surface area contributed by atoms with E-state index in [0.717, 1.165) is 87.0 Å². The molecule has 244 valence electrons. The zero-order valence-corrected chi connectivity index (χ0v) is 28.1. The van der Waals surface area contributed by atoms with Crippen LogP contribution in [0, 0.1) is 36.5 Å². The van der Waals surface area contributed by atoms with Crippen molar-refractivity contribution >= 4 is 29.3 Å². The molecule has 5 fully saturated rings. The Bertz CT molecular complexity index is 1280. The average Bonchev–Trinajstić information content (AvgIpc) is 3.68. The van der Waals surface area contributed by atoms with Crippen LogP contribution in [-0.2, 0) is 28.9 Å². The maximum atomic E-state index is 13.9. The molecule has 0 spiro atoms. The minimum atomic E-state index is -0.696. The first kappa shape index (κ1) is 31.4. The minimum absolute atomic E-state index is 0.00396. The number of rotatable bonds is 7. The topological polar surface area (TPSA) is 99.9 Å². The van der Waals surface area contributed by atoms with Gasteiger partial charge < -0.3 is 20.1 Å². The molecule has 1 aromatic rings. The zero-order chi connectivity index (χ0) is 30.7. The highest BCUT2D eigenvalue weighted by Gasteiger charge is 2.52. The molecule has 0 bridgehead atoms. The molecule has 44 heavy (non-hydrogen) atoms. The number of nitrogens with zero attached hydrogens (tertiary/aromatic N) is 4. The molecule has 4 saturated heterocycles. The van der Waals surface area contributed by atoms with E-state index in [1.54, 1.807) is 0 Å². The molecule has 11 atom stereocenters. The number of aliphatic carboxylic acids is 1. The smallest absolute Gasteiger partial charge is 0.308 e. The molecule has 1 saturated carbocycles. The number of carboxylic acids is 1. The van der Waals surface area contributed by atoms with Gasteiger partial charge in [-0.05, 0) is 89.5 Å². The molecular formula is C33H50ClN5O4S. The number of fused-ring (bicyclic) bond motifs is 3. The number of ether oxygens (including phenoxy) is 1. The highest BCUT2D eigenvalue weighted by molar-refractivity contribution is 8.00. The minimum Gasteiger partial charge on any atom is -0.481 e. The molecule has 9 nitrogen and oxygen atoms in total. The second kappa shape index (κ2) is 12.8. The average molecular weight is 648 g/mol. The standard InChI is InChI=1S/C33H50ClN5O4S/c1-18-10-25(31-30(35-18)27(17-44-31)33(41)42)24-11-22(34)4-7-29(24)43-9-8-39-19(2)36-28-6-5-23(12-26(28)32(39)40)38-15-20-13-37(3)14-21(20)16-38/h18,20-25,27,29-31,35H,4-17H2,1-3H3,(H,41,42). The summed E-state index contributed by atoms with van der Waals surface area (Å²) in [6.45, 7) is 9.84. The van der Waals surface area contributed by atoms with Gasteiger partial charge in [0.1, 0.15) is 5.82 Å². The van der Waals surface area contributed by atoms with Gasteiger partial charge in [-0.1, -0.05) is 0 Å². The molecule has 0 aromatic carbocycles. The van der Waals surface area contributed by atoms with Crippen LogP contribution in [0.4, 0.5) is 0 Å². The van der Waals surface area contributed by atoms with Crippen molar-refractivity contribution in [1.29, 1.82) is 0 Å². The number of piperidine rings is 1. The van der Waals surface area contributed by atoms with E-state index in [1.165, 1.54) is 13.1 Å². The van der Waals surface area contributed by atoms with Crippen LogP contribution < -0.4 is 10.9 Å². The van der Waals surface area contributed by atoms with Gasteiger partial charge in [-0.25, -0.2) is 4.98 Å². The number of aryl methyl sites for hydroxylation is 2. The summed E-state index contributed by atoms with van der Waals surface area (Å²) in [7, 11) is 2.23. The molecule has 6 aliphatic rings. The number of aromatic nitrogens is 2. The molecular weight excluding hydrogens is 598 g/mol. The summed E-state index contributed by atoms with van der Waals surface area (Å²) < 4.78 is 8.51. The number of alkyl halides is 1. The lowest BCUT2D eigenvalue weighted by atomic mass is 9.70. The van der Waals surface area contributed by atoms with Crippen molar-refractivity contribution in [3.8, 4) is 0 Å². The third-order valence-corrected chi connectivity index (χ3v) is 13.9. The Labute approximate surface area is 270 Å². The van der Waals surface area contributed by atoms with Crippen molar-refractivity contribution in [2.24, 2.45) is 29.6 Å². The number of thioether (sulfide) groups is 1. The Kier molecular flexibility index (Phi) is 9.14. The van der Waals surface area contributed by atoms with Crippen LogP contribution in [0.15, 0.2) is 4.79 Å². The van der Waals surface area contributed by atoms with E-state index in [9.17, 15) is 14.7 Å². The summed E-state index contributed by atoms with van der Waals surface area (Å²) in [6.07, 6.45) is 6.62. The summed E-state index contributed by atoms with van der Waals surface area (Å²) in [5.41, 5.74) is 2.05. The molecule has 5 heterocycles. The fourth-order valence-corrected chi connectivity index (χ4v) is 12.0. The Morgan fingerprint density at radius 3 is 2.66 bits per heavy atom. The molecule has 1 aromatic heterocycles. The highest BCUT2D eigenvalue weighted by atomic mass is 35.5. The van der Waals surface area contributed by atoms with Gasteiger partial charge in [0.05, 0.1) is 30.9 Å². The van der Waals surface area contributed by atoms with Gasteiger partial charge in [-0.15, -0.1) is 11.6 Å². The van der Waals surface area contributed by atoms with Crippen LogP contribution in [0.3, 0.4) is 0 Å². The number of carboxylic acid groups (broad SMARTS) is 1. The quantitative estimate of drug-likeness (QED) is 0.433. The van der Waals surface area contributed by atoms with Gasteiger partial charge >= 0.3 is 5.97 Å². The lowest BCUT2D eigenvalue weighted by Crippen LogP contribution is -2.57. The Morgan fingerprint density at radius 1 is 1.14 bits per heavy atom. The first-order chi connectivity index (χ1) is 21.2. The zero-order valence-electron chi connectivity index (χ0n) is 26.5. The van der Waals surface area contributed by atoms with E-state index in [0.29, 0.717) is 36.8 Å². The van der Waals surface area contributed by atoms with Crippen molar-refractivity contribution in [2.75, 3.05) is 45.6 Å². The van der Waals surface area contributed by atoms with Crippen molar-refractivity contribution in [3.05, 3.63) is 27.4 Å². The summed E-state index contributed by atoms with van der Waals surface area (Å²) in [6, 6.07) is 0.708. The van der Waals surface area contributed by atoms with Gasteiger partial charge in [-0.3, -0.25) is 19.1 Å². The van der Waals surface area contributed by atoms with Crippen LogP contribution >= 0.6 is 23.4 Å². The van der Waals surface area contributed by atoms with Crippen LogP contribution in [-0.4, -0.2) is 111 Å². The van der Waals surface area contributed by atoms with Gasteiger partial charge in [0.15, 0.2) is 0 Å². The third-order valence-electron chi connectivity index (χ3n) is 12.0. The number of nitrogens with one attached hydrogen (secondary N) is 1. The van der Waals surface area contributed by atoms with Crippen LogP contribution in [0.25, 0.3) is 0 Å². The summed E-state index contributed by atoms with van der Waals surface area (Å²) >= 11 is 8.57. The largest absolute Gasteiger partial charge is 0.481 e. The second-order valence-corrected chi connectivity index (χ2v) is 16.7. The molecule has 0 amide bonds. The predicted octanol–water partition coefficient (Wildman–Crippen LogP) is 2.88. The van der Waals surface area contributed by atoms with E-state index < -0.39 is 5.97 Å². The number of carbonyl (C=O) groups is 1. The molecule has 2 N–H and O–H groups in total. The Balaban J connectivity index is 1.02. The van der Waals surface area contributed by atoms with E-state index in [4.69, 9.17) is 21.3 Å². The second-order valence-electron chi connectivity index (χ2n) is 14.9. The maximum absolute atomic E-state index is 13.9. The number of likely N-dealkylation sites (tertiary alicyclic amines) is 2. The number of hydrogen-bond donors (Lipinski definition) is 2. The Morgan fingerprint density at radius 2 is 1.91 bits per heavy atom. The molecule has 4 aliphatic heterocycles. The van der Waals surface area contributed by atoms with Gasteiger partial charge in [0.25, 0.3) is 5.56 Å². The van der Waals surface area contributed by atoms with Gasteiger partial charge in [0, 0.05) is 66.2 Å². The lowest BCUT2D eigenvalue weighted by molar-refractivity contribution is -0.142. The van der Waals surface area contributed by atoms with E-state index in [1.807, 2.05) is 23.3 Å². The van der Waals surface area contributed by atoms with Crippen molar-refractivity contribution < 1.29 is 14.6 Å². The molecule has 11 unspecified atom stereocenters. The summed E-state index contributed by atoms with van der Waals surface area (Å²) in [4.78, 5) is 35.9. The number of halogens is 1. The SMILES string of the molecule is Cc1nc2c(c(=O)n1CCOC1CCC(Cl)CC1C1CC(C)NC3C(C(=O)O)CSC13)CC(N1CC3CN(C)CC3C1)CC2. The predicted molar refractivity (Wildman–Crippen MR) is 174 cm³/mol. The van der Waals surface area contributed by atoms with Gasteiger partial charge in [-0.2, -0.15) is 11.8 Å². The molecule has 0 radical (unpaired) electrons. The van der Waals surface area contributed by atoms with Crippen molar-refractivity contribution in [3.63, 3.8) is 0 Å². The van der Waals surface area contributed by atoms with Crippen LogP contribution in [0.1, 0.15) is 56.1 Å². The summed E-state index contributed by atoms with van der Waals surface area (Å²) in [5, 5.41) is 13.9. The highest BCUT2D eigenvalue weighted by Crippen LogP contribution is 2.48. The summed E-state index contributed by atoms with van der Waals surface area (Å²) in [5.74, 6) is 2.61. The molecule has 7 rings (SSSR count). The third kappa shape index (κ3) is 6.01. The van der Waals surface area contributed by atoms with Crippen molar-refractivity contribution in [2.45, 2.75) is 100 Å². The fourth-order valence-electron chi connectivity index (χ4n) is 9.86. The fraction of sp³-hybridized carbons (Fsp3) is 0.848. The van der Waals surface area contributed by atoms with E-state index >= 15 is 0 Å². The normalized spacial score (nSPS) is 41.0. The van der Waals surface area contributed by atoms with Crippen LogP contribution in [0.5, 0.6) is 0 Å². The maximum Gasteiger partial charge on any atom is 0.308 e. The van der Waals surface area contributed by atoms with Crippen molar-refractivity contribution in [1.82, 2.24) is 24.7 Å². The Hall–Kier alpha value is -1.17. The number of hydrogen-bond acceptors (Lipinski definition) is 8. The molecule has 2 aliphatic carbocycles. The monoisotopic (exact) mass is 647 g/mol. The lowest BCUT2D eigenvalue weighted by Gasteiger charge is -2.47. The van der Waals surface area contributed by atoms with Crippen LogP contribution in [0.2, 0.25) is 0 Å². The first-order valence-corrected chi connectivity index (χ1v) is 18.5.